The number of carbonyl (C=O) groups is 1. The molecule has 0 bridgehead atoms. The van der Waals surface area contributed by atoms with Crippen molar-refractivity contribution in [1.29, 1.82) is 5.26 Å². The van der Waals surface area contributed by atoms with Crippen LogP contribution in [0.1, 0.15) is 17.5 Å². The topological polar surface area (TPSA) is 56.6 Å². The van der Waals surface area contributed by atoms with Crippen molar-refractivity contribution in [2.45, 2.75) is 19.8 Å². The highest BCUT2D eigenvalue weighted by molar-refractivity contribution is 5.79. The van der Waals surface area contributed by atoms with Gasteiger partial charge in [-0.25, -0.2) is 0 Å². The first-order chi connectivity index (χ1) is 11.2. The van der Waals surface area contributed by atoms with Crippen molar-refractivity contribution in [3.8, 4) is 6.07 Å². The molecule has 0 N–H and O–H groups in total. The molecule has 0 atom stereocenters. The van der Waals surface area contributed by atoms with E-state index in [2.05, 4.69) is 11.0 Å². The van der Waals surface area contributed by atoms with Crippen molar-refractivity contribution < 1.29 is 9.53 Å². The molecule has 5 nitrogen and oxygen atoms in total. The smallest absolute Gasteiger partial charge is 0.227 e. The molecule has 2 rings (SSSR count). The highest BCUT2D eigenvalue weighted by atomic mass is 16.5. The van der Waals surface area contributed by atoms with Crippen LogP contribution in [0.3, 0.4) is 0 Å². The van der Waals surface area contributed by atoms with Gasteiger partial charge in [-0.15, -0.1) is 0 Å². The molecule has 1 heterocycles. The van der Waals surface area contributed by atoms with Crippen molar-refractivity contribution in [3.05, 3.63) is 35.4 Å². The Balaban J connectivity index is 1.91. The second-order valence-electron chi connectivity index (χ2n) is 5.85. The number of carbonyl (C=O) groups excluding carboxylic acids is 1. The van der Waals surface area contributed by atoms with Crippen LogP contribution in [-0.2, 0) is 16.0 Å². The maximum Gasteiger partial charge on any atom is 0.227 e. The van der Waals surface area contributed by atoms with E-state index in [0.29, 0.717) is 25.9 Å². The summed E-state index contributed by atoms with van der Waals surface area (Å²) >= 11 is 0. The zero-order valence-corrected chi connectivity index (χ0v) is 13.8. The fourth-order valence-corrected chi connectivity index (χ4v) is 2.72. The quantitative estimate of drug-likeness (QED) is 0.767. The number of benzene rings is 1. The molecule has 1 aliphatic heterocycles. The van der Waals surface area contributed by atoms with Crippen LogP contribution in [0.5, 0.6) is 0 Å². The summed E-state index contributed by atoms with van der Waals surface area (Å²) in [5.74, 6) is 0.0998. The van der Waals surface area contributed by atoms with Gasteiger partial charge < -0.3 is 9.64 Å². The molecule has 1 saturated heterocycles. The molecule has 1 amide bonds. The van der Waals surface area contributed by atoms with Crippen molar-refractivity contribution in [3.63, 3.8) is 0 Å². The van der Waals surface area contributed by atoms with Gasteiger partial charge in [-0.05, 0) is 18.1 Å². The number of amides is 1. The van der Waals surface area contributed by atoms with Crippen LogP contribution < -0.4 is 0 Å². The fraction of sp³-hybridized carbons (Fsp3) is 0.556. The van der Waals surface area contributed by atoms with Crippen molar-refractivity contribution >= 4 is 5.91 Å². The number of hydrogen-bond donors (Lipinski definition) is 0. The van der Waals surface area contributed by atoms with Gasteiger partial charge in [0.2, 0.25) is 5.91 Å². The molecule has 0 saturated carbocycles. The minimum atomic E-state index is 0.0998. The van der Waals surface area contributed by atoms with E-state index in [1.165, 1.54) is 0 Å². The van der Waals surface area contributed by atoms with Gasteiger partial charge in [0.25, 0.3) is 0 Å². The molecule has 0 unspecified atom stereocenters. The summed E-state index contributed by atoms with van der Waals surface area (Å²) in [7, 11) is 0. The third kappa shape index (κ3) is 5.66. The minimum Gasteiger partial charge on any atom is -0.379 e. The van der Waals surface area contributed by atoms with Crippen molar-refractivity contribution in [2.24, 2.45) is 0 Å². The molecule has 0 radical (unpaired) electrons. The standard InChI is InChI=1S/C18H25N3O2/c1-16-5-2-3-6-17(16)15-18(22)21(8-4-7-19)10-9-20-11-13-23-14-12-20/h2-3,5-6H,4,8-15H2,1H3. The van der Waals surface area contributed by atoms with E-state index in [4.69, 9.17) is 10.00 Å². The monoisotopic (exact) mass is 315 g/mol. The number of morpholine rings is 1. The van der Waals surface area contributed by atoms with Gasteiger partial charge in [-0.3, -0.25) is 9.69 Å². The largest absolute Gasteiger partial charge is 0.379 e. The van der Waals surface area contributed by atoms with Gasteiger partial charge in [0.15, 0.2) is 0 Å². The van der Waals surface area contributed by atoms with Crippen molar-refractivity contribution in [2.75, 3.05) is 45.9 Å². The number of hydrogen-bond acceptors (Lipinski definition) is 4. The summed E-state index contributed by atoms with van der Waals surface area (Å²) in [6.07, 6.45) is 0.782. The fourth-order valence-electron chi connectivity index (χ4n) is 2.72. The molecule has 0 aliphatic carbocycles. The maximum absolute atomic E-state index is 12.6. The van der Waals surface area contributed by atoms with E-state index in [1.54, 1.807) is 0 Å². The third-order valence-electron chi connectivity index (χ3n) is 4.24. The van der Waals surface area contributed by atoms with Crippen LogP contribution in [0.15, 0.2) is 24.3 Å². The molecule has 0 aromatic heterocycles. The molecule has 124 valence electrons. The zero-order valence-electron chi connectivity index (χ0n) is 13.8. The van der Waals surface area contributed by atoms with Crippen LogP contribution in [0, 0.1) is 18.3 Å². The van der Waals surface area contributed by atoms with E-state index in [9.17, 15) is 4.79 Å². The molecule has 1 aromatic carbocycles. The van der Waals surface area contributed by atoms with Crippen LogP contribution in [0.2, 0.25) is 0 Å². The summed E-state index contributed by atoms with van der Waals surface area (Å²) in [5, 5.41) is 8.83. The molecule has 1 fully saturated rings. The summed E-state index contributed by atoms with van der Waals surface area (Å²) in [5.41, 5.74) is 2.19. The van der Waals surface area contributed by atoms with Gasteiger partial charge in [0.1, 0.15) is 0 Å². The van der Waals surface area contributed by atoms with Crippen LogP contribution >= 0.6 is 0 Å². The van der Waals surface area contributed by atoms with Gasteiger partial charge in [0, 0.05) is 32.7 Å². The lowest BCUT2D eigenvalue weighted by Gasteiger charge is -2.30. The summed E-state index contributed by atoms with van der Waals surface area (Å²) < 4.78 is 5.35. The van der Waals surface area contributed by atoms with E-state index in [-0.39, 0.29) is 5.91 Å². The lowest BCUT2D eigenvalue weighted by Crippen LogP contribution is -2.43. The molecular weight excluding hydrogens is 290 g/mol. The van der Waals surface area contributed by atoms with Crippen LogP contribution in [0.4, 0.5) is 0 Å². The number of rotatable bonds is 7. The Morgan fingerprint density at radius 2 is 2.04 bits per heavy atom. The predicted molar refractivity (Wildman–Crippen MR) is 89.0 cm³/mol. The molecule has 0 spiro atoms. The van der Waals surface area contributed by atoms with Gasteiger partial charge >= 0.3 is 0 Å². The number of ether oxygens (including phenoxy) is 1. The maximum atomic E-state index is 12.6. The molecule has 5 heteroatoms. The highest BCUT2D eigenvalue weighted by Gasteiger charge is 2.17. The van der Waals surface area contributed by atoms with Crippen LogP contribution in [-0.4, -0.2) is 61.6 Å². The Morgan fingerprint density at radius 1 is 1.30 bits per heavy atom. The lowest BCUT2D eigenvalue weighted by atomic mass is 10.1. The predicted octanol–water partition coefficient (Wildman–Crippen LogP) is 1.61. The SMILES string of the molecule is Cc1ccccc1CC(=O)N(CCC#N)CCN1CCOCC1. The Hall–Kier alpha value is -1.90. The second-order valence-corrected chi connectivity index (χ2v) is 5.85. The Morgan fingerprint density at radius 3 is 2.74 bits per heavy atom. The van der Waals surface area contributed by atoms with Gasteiger partial charge in [-0.2, -0.15) is 5.26 Å². The summed E-state index contributed by atoms with van der Waals surface area (Å²) in [6, 6.07) is 10.1. The van der Waals surface area contributed by atoms with Gasteiger partial charge in [0.05, 0.1) is 32.1 Å². The second kappa shape index (κ2) is 9.29. The molecule has 1 aliphatic rings. The summed E-state index contributed by atoms with van der Waals surface area (Å²) in [6.45, 7) is 7.39. The first-order valence-corrected chi connectivity index (χ1v) is 8.20. The average Bonchev–Trinajstić information content (AvgIpc) is 2.58. The Labute approximate surface area is 138 Å². The Bertz CT molecular complexity index is 547. The molecular formula is C18H25N3O2. The van der Waals surface area contributed by atoms with Gasteiger partial charge in [-0.1, -0.05) is 24.3 Å². The number of nitriles is 1. The molecule has 1 aromatic rings. The van der Waals surface area contributed by atoms with E-state index >= 15 is 0 Å². The van der Waals surface area contributed by atoms with Crippen LogP contribution in [0.25, 0.3) is 0 Å². The first-order valence-electron chi connectivity index (χ1n) is 8.20. The number of nitrogens with zero attached hydrogens (tertiary/aromatic N) is 3. The normalized spacial score (nSPS) is 15.1. The van der Waals surface area contributed by atoms with E-state index in [0.717, 1.165) is 44.0 Å². The Kier molecular flexibility index (Phi) is 7.05. The summed E-state index contributed by atoms with van der Waals surface area (Å²) in [4.78, 5) is 16.8. The zero-order chi connectivity index (χ0) is 16.5. The first kappa shape index (κ1) is 17.5. The lowest BCUT2D eigenvalue weighted by molar-refractivity contribution is -0.130. The molecule has 23 heavy (non-hydrogen) atoms. The van der Waals surface area contributed by atoms with Crippen molar-refractivity contribution in [1.82, 2.24) is 9.80 Å². The minimum absolute atomic E-state index is 0.0998. The van der Waals surface area contributed by atoms with E-state index < -0.39 is 0 Å². The highest BCUT2D eigenvalue weighted by Crippen LogP contribution is 2.10. The third-order valence-corrected chi connectivity index (χ3v) is 4.24. The number of aryl methyl sites for hydroxylation is 1. The van der Waals surface area contributed by atoms with E-state index in [1.807, 2.05) is 36.1 Å². The average molecular weight is 315 g/mol.